The van der Waals surface area contributed by atoms with Gasteiger partial charge in [0.2, 0.25) is 0 Å². The molecule has 4 aromatic carbocycles. The second-order valence-electron chi connectivity index (χ2n) is 7.40. The van der Waals surface area contributed by atoms with Gasteiger partial charge in [0, 0.05) is 22.3 Å². The molecule has 0 radical (unpaired) electrons. The Kier molecular flexibility index (Phi) is 5.13. The molecule has 0 fully saturated rings. The molecule has 0 saturated carbocycles. The van der Waals surface area contributed by atoms with Gasteiger partial charge in [-0.25, -0.2) is 4.79 Å². The highest BCUT2D eigenvalue weighted by Gasteiger charge is 2.21. The summed E-state index contributed by atoms with van der Waals surface area (Å²) >= 11 is 5.97. The smallest absolute Gasteiger partial charge is 0.326 e. The molecule has 0 aliphatic carbocycles. The maximum atomic E-state index is 13.5. The van der Waals surface area contributed by atoms with E-state index in [0.717, 1.165) is 32.3 Å². The fourth-order valence-corrected chi connectivity index (χ4v) is 3.90. The van der Waals surface area contributed by atoms with Gasteiger partial charge >= 0.3 is 6.03 Å². The standard InChI is InChI=1S/C25H19ClN4O2/c26-20-10-8-17(9-11-20)15-27-25(31)29(21-12-13-23-19(14-21)16-28-30(23)32)24-7-3-5-18-4-1-2-6-22(18)24/h1-14,16,32H,15H2,(H,27,31). The third-order valence-corrected chi connectivity index (χ3v) is 5.61. The summed E-state index contributed by atoms with van der Waals surface area (Å²) in [6, 6.07) is 26.3. The number of halogens is 1. The normalized spacial score (nSPS) is 11.0. The van der Waals surface area contributed by atoms with Crippen molar-refractivity contribution >= 4 is 50.7 Å². The van der Waals surface area contributed by atoms with Crippen molar-refractivity contribution in [3.63, 3.8) is 0 Å². The van der Waals surface area contributed by atoms with Crippen molar-refractivity contribution in [2.75, 3.05) is 4.90 Å². The Morgan fingerprint density at radius 2 is 1.75 bits per heavy atom. The minimum atomic E-state index is -0.271. The second-order valence-corrected chi connectivity index (χ2v) is 7.83. The van der Waals surface area contributed by atoms with Gasteiger partial charge in [-0.3, -0.25) is 4.90 Å². The van der Waals surface area contributed by atoms with Gasteiger partial charge in [-0.15, -0.1) is 9.94 Å². The number of anilines is 2. The molecule has 158 valence electrons. The SMILES string of the molecule is O=C(NCc1ccc(Cl)cc1)N(c1ccc2c(cnn2O)c1)c1cccc2ccccc12. The van der Waals surface area contributed by atoms with E-state index in [1.165, 1.54) is 0 Å². The predicted octanol–water partition coefficient (Wildman–Crippen LogP) is 6.13. The zero-order chi connectivity index (χ0) is 22.1. The Morgan fingerprint density at radius 3 is 2.59 bits per heavy atom. The van der Waals surface area contributed by atoms with E-state index >= 15 is 0 Å². The van der Waals surface area contributed by atoms with E-state index < -0.39 is 0 Å². The Balaban J connectivity index is 1.57. The fraction of sp³-hybridized carbons (Fsp3) is 0.0400. The Labute approximate surface area is 189 Å². The molecule has 2 amide bonds. The number of nitrogens with one attached hydrogen (secondary N) is 1. The van der Waals surface area contributed by atoms with Crippen LogP contribution < -0.4 is 10.2 Å². The predicted molar refractivity (Wildman–Crippen MR) is 127 cm³/mol. The lowest BCUT2D eigenvalue weighted by atomic mass is 10.1. The van der Waals surface area contributed by atoms with Crippen LogP contribution in [0.2, 0.25) is 5.02 Å². The van der Waals surface area contributed by atoms with Gasteiger partial charge in [-0.1, -0.05) is 60.1 Å². The number of fused-ring (bicyclic) bond motifs is 2. The summed E-state index contributed by atoms with van der Waals surface area (Å²) in [5.74, 6) is 0. The number of hydrogen-bond donors (Lipinski definition) is 2. The first-order valence-corrected chi connectivity index (χ1v) is 10.5. The number of amides is 2. The minimum Gasteiger partial charge on any atom is -0.411 e. The average molecular weight is 443 g/mol. The summed E-state index contributed by atoms with van der Waals surface area (Å²) in [6.07, 6.45) is 1.56. The van der Waals surface area contributed by atoms with E-state index in [1.807, 2.05) is 60.7 Å². The average Bonchev–Trinajstić information content (AvgIpc) is 3.19. The summed E-state index contributed by atoms with van der Waals surface area (Å²) in [5, 5.41) is 20.1. The summed E-state index contributed by atoms with van der Waals surface area (Å²) < 4.78 is 0. The molecule has 0 aliphatic rings. The number of aromatic nitrogens is 2. The van der Waals surface area contributed by atoms with E-state index in [-0.39, 0.29) is 6.03 Å². The molecule has 5 aromatic rings. The van der Waals surface area contributed by atoms with E-state index in [1.54, 1.807) is 35.4 Å². The Hall–Kier alpha value is -4.03. The lowest BCUT2D eigenvalue weighted by Gasteiger charge is -2.25. The van der Waals surface area contributed by atoms with Crippen molar-refractivity contribution in [1.82, 2.24) is 15.3 Å². The number of rotatable bonds is 4. The van der Waals surface area contributed by atoms with Crippen LogP contribution in [-0.4, -0.2) is 21.2 Å². The molecule has 1 aromatic heterocycles. The highest BCUT2D eigenvalue weighted by Crippen LogP contribution is 2.34. The van der Waals surface area contributed by atoms with Crippen molar-refractivity contribution in [2.24, 2.45) is 0 Å². The van der Waals surface area contributed by atoms with Crippen LogP contribution in [0.3, 0.4) is 0 Å². The second kappa shape index (κ2) is 8.24. The molecular weight excluding hydrogens is 424 g/mol. The van der Waals surface area contributed by atoms with Crippen LogP contribution in [0.25, 0.3) is 21.7 Å². The Morgan fingerprint density at radius 1 is 0.969 bits per heavy atom. The summed E-state index contributed by atoms with van der Waals surface area (Å²) in [7, 11) is 0. The zero-order valence-electron chi connectivity index (χ0n) is 16.9. The van der Waals surface area contributed by atoms with Gasteiger partial charge in [-0.2, -0.15) is 0 Å². The molecule has 0 saturated heterocycles. The highest BCUT2D eigenvalue weighted by molar-refractivity contribution is 6.30. The first-order chi connectivity index (χ1) is 15.6. The molecule has 2 N–H and O–H groups in total. The van der Waals surface area contributed by atoms with Gasteiger partial charge in [0.25, 0.3) is 0 Å². The third kappa shape index (κ3) is 3.72. The summed E-state index contributed by atoms with van der Waals surface area (Å²) in [6.45, 7) is 0.355. The van der Waals surface area contributed by atoms with E-state index in [0.29, 0.717) is 22.8 Å². The van der Waals surface area contributed by atoms with Crippen molar-refractivity contribution in [2.45, 2.75) is 6.54 Å². The van der Waals surface area contributed by atoms with E-state index in [9.17, 15) is 10.0 Å². The van der Waals surface area contributed by atoms with Crippen LogP contribution in [0, 0.1) is 0 Å². The van der Waals surface area contributed by atoms with Gasteiger partial charge in [0.1, 0.15) is 5.52 Å². The Bertz CT molecular complexity index is 1420. The molecule has 32 heavy (non-hydrogen) atoms. The molecule has 7 heteroatoms. The van der Waals surface area contributed by atoms with Crippen molar-refractivity contribution in [1.29, 1.82) is 0 Å². The van der Waals surface area contributed by atoms with Crippen LogP contribution in [0.4, 0.5) is 16.2 Å². The van der Waals surface area contributed by atoms with Crippen LogP contribution in [-0.2, 0) is 6.54 Å². The first kappa shape index (κ1) is 19.9. The molecule has 0 atom stereocenters. The number of urea groups is 1. The molecular formula is C25H19ClN4O2. The van der Waals surface area contributed by atoms with Gasteiger partial charge < -0.3 is 10.5 Å². The molecule has 1 heterocycles. The lowest BCUT2D eigenvalue weighted by molar-refractivity contribution is 0.161. The fourth-order valence-electron chi connectivity index (χ4n) is 3.77. The monoisotopic (exact) mass is 442 g/mol. The highest BCUT2D eigenvalue weighted by atomic mass is 35.5. The number of benzene rings is 4. The van der Waals surface area contributed by atoms with E-state index in [2.05, 4.69) is 10.4 Å². The third-order valence-electron chi connectivity index (χ3n) is 5.36. The number of carbonyl (C=O) groups is 1. The number of hydrogen-bond acceptors (Lipinski definition) is 3. The molecule has 0 aliphatic heterocycles. The minimum absolute atomic E-state index is 0.271. The summed E-state index contributed by atoms with van der Waals surface area (Å²) in [5.41, 5.74) is 2.92. The van der Waals surface area contributed by atoms with Gasteiger partial charge in [0.15, 0.2) is 0 Å². The summed E-state index contributed by atoms with van der Waals surface area (Å²) in [4.78, 5) is 16.0. The quantitative estimate of drug-likeness (QED) is 0.329. The zero-order valence-corrected chi connectivity index (χ0v) is 17.7. The largest absolute Gasteiger partial charge is 0.411 e. The molecule has 5 rings (SSSR count). The van der Waals surface area contributed by atoms with Crippen molar-refractivity contribution < 1.29 is 10.0 Å². The molecule has 0 unspecified atom stereocenters. The van der Waals surface area contributed by atoms with E-state index in [4.69, 9.17) is 11.6 Å². The first-order valence-electron chi connectivity index (χ1n) is 10.1. The van der Waals surface area contributed by atoms with Gasteiger partial charge in [-0.05, 0) is 47.3 Å². The molecule has 0 bridgehead atoms. The van der Waals surface area contributed by atoms with Crippen molar-refractivity contribution in [3.05, 3.63) is 102 Å². The topological polar surface area (TPSA) is 70.4 Å². The van der Waals surface area contributed by atoms with Crippen LogP contribution in [0.15, 0.2) is 91.1 Å². The maximum absolute atomic E-state index is 13.5. The van der Waals surface area contributed by atoms with Crippen molar-refractivity contribution in [3.8, 4) is 0 Å². The number of nitrogens with zero attached hydrogens (tertiary/aromatic N) is 3. The molecule has 6 nitrogen and oxygen atoms in total. The van der Waals surface area contributed by atoms with Crippen LogP contribution in [0.5, 0.6) is 0 Å². The lowest BCUT2D eigenvalue weighted by Crippen LogP contribution is -2.36. The van der Waals surface area contributed by atoms with Crippen LogP contribution >= 0.6 is 11.6 Å². The van der Waals surface area contributed by atoms with Crippen LogP contribution in [0.1, 0.15) is 5.56 Å². The van der Waals surface area contributed by atoms with Gasteiger partial charge in [0.05, 0.1) is 17.6 Å². The maximum Gasteiger partial charge on any atom is 0.326 e. The molecule has 0 spiro atoms. The number of carbonyl (C=O) groups excluding carboxylic acids is 1.